The number of benzene rings is 1. The quantitative estimate of drug-likeness (QED) is 0.862. The topological polar surface area (TPSA) is 26.4 Å². The first kappa shape index (κ1) is 14.7. The zero-order valence-corrected chi connectivity index (χ0v) is 14.1. The van der Waals surface area contributed by atoms with Crippen LogP contribution in [-0.2, 0) is 13.0 Å². The summed E-state index contributed by atoms with van der Waals surface area (Å²) in [5.41, 5.74) is 6.22. The molecule has 1 saturated carbocycles. The minimum atomic E-state index is 0.305. The van der Waals surface area contributed by atoms with Crippen molar-refractivity contribution in [3.8, 4) is 0 Å². The Bertz CT molecular complexity index is 755. The molecule has 1 N–H and O–H groups in total. The van der Waals surface area contributed by atoms with E-state index in [1.807, 2.05) is 0 Å². The highest BCUT2D eigenvalue weighted by Gasteiger charge is 2.29. The van der Waals surface area contributed by atoms with Crippen molar-refractivity contribution in [1.29, 1.82) is 0 Å². The number of nitrogens with one attached hydrogen (secondary N) is 1. The van der Waals surface area contributed by atoms with Crippen LogP contribution < -0.4 is 4.90 Å². The van der Waals surface area contributed by atoms with Crippen molar-refractivity contribution in [2.45, 2.75) is 45.7 Å². The van der Waals surface area contributed by atoms with E-state index in [0.29, 0.717) is 18.4 Å². The third-order valence-corrected chi connectivity index (χ3v) is 5.41. The Morgan fingerprint density at radius 1 is 1.22 bits per heavy atom. The van der Waals surface area contributed by atoms with Gasteiger partial charge in [-0.2, -0.15) is 0 Å². The number of nitrogens with zero attached hydrogens (tertiary/aromatic N) is 1. The molecule has 2 heterocycles. The second kappa shape index (κ2) is 5.64. The smallest absolute Gasteiger partial charge is 0.218 e. The highest BCUT2D eigenvalue weighted by atomic mass is 16.1. The highest BCUT2D eigenvalue weighted by molar-refractivity contribution is 5.98. The van der Waals surface area contributed by atoms with Crippen LogP contribution in [-0.4, -0.2) is 23.4 Å². The number of ketones is 1. The highest BCUT2D eigenvalue weighted by Crippen LogP contribution is 2.38. The number of quaternary nitrogens is 1. The summed E-state index contributed by atoms with van der Waals surface area (Å²) >= 11 is 0. The Hall–Kier alpha value is -1.87. The van der Waals surface area contributed by atoms with Gasteiger partial charge in [0.05, 0.1) is 6.54 Å². The minimum absolute atomic E-state index is 0.305. The van der Waals surface area contributed by atoms with Gasteiger partial charge in [0, 0.05) is 35.0 Å². The van der Waals surface area contributed by atoms with E-state index in [1.165, 1.54) is 40.3 Å². The number of carbonyl (C=O) groups is 1. The molecule has 120 valence electrons. The largest absolute Gasteiger partial charge is 0.345 e. The lowest BCUT2D eigenvalue weighted by molar-refractivity contribution is -0.907. The van der Waals surface area contributed by atoms with E-state index >= 15 is 0 Å². The van der Waals surface area contributed by atoms with Crippen LogP contribution in [0.15, 0.2) is 30.3 Å². The molecule has 0 bridgehead atoms. The zero-order chi connectivity index (χ0) is 16.0. The molecule has 1 aliphatic carbocycles. The van der Waals surface area contributed by atoms with E-state index in [-0.39, 0.29) is 0 Å². The van der Waals surface area contributed by atoms with Crippen molar-refractivity contribution in [2.75, 3.05) is 13.1 Å². The molecule has 0 saturated heterocycles. The predicted molar refractivity (Wildman–Crippen MR) is 91.1 cm³/mol. The lowest BCUT2D eigenvalue weighted by Crippen LogP contribution is -3.12. The number of aromatic nitrogens is 1. The molecule has 2 aromatic rings. The van der Waals surface area contributed by atoms with Crippen LogP contribution in [0.3, 0.4) is 0 Å². The molecule has 0 amide bonds. The van der Waals surface area contributed by atoms with Gasteiger partial charge in [0.2, 0.25) is 5.78 Å². The average Bonchev–Trinajstić information content (AvgIpc) is 3.32. The van der Waals surface area contributed by atoms with Gasteiger partial charge in [-0.15, -0.1) is 0 Å². The van der Waals surface area contributed by atoms with Gasteiger partial charge in [0.1, 0.15) is 13.1 Å². The van der Waals surface area contributed by atoms with Crippen molar-refractivity contribution in [3.63, 3.8) is 0 Å². The number of rotatable bonds is 4. The Kier molecular flexibility index (Phi) is 3.61. The van der Waals surface area contributed by atoms with Crippen molar-refractivity contribution in [1.82, 2.24) is 4.57 Å². The van der Waals surface area contributed by atoms with Crippen molar-refractivity contribution >= 4 is 5.78 Å². The molecule has 1 aromatic heterocycles. The van der Waals surface area contributed by atoms with Gasteiger partial charge in [-0.25, -0.2) is 0 Å². The van der Waals surface area contributed by atoms with Gasteiger partial charge in [0.25, 0.3) is 0 Å². The third kappa shape index (κ3) is 2.74. The fraction of sp³-hybridized carbons (Fsp3) is 0.450. The first-order valence-electron chi connectivity index (χ1n) is 8.75. The maximum atomic E-state index is 12.8. The monoisotopic (exact) mass is 309 g/mol. The van der Waals surface area contributed by atoms with E-state index in [2.05, 4.69) is 48.7 Å². The van der Waals surface area contributed by atoms with Gasteiger partial charge in [0.15, 0.2) is 0 Å². The summed E-state index contributed by atoms with van der Waals surface area (Å²) in [5, 5.41) is 0. The Morgan fingerprint density at radius 3 is 2.70 bits per heavy atom. The molecule has 0 spiro atoms. The Balaban J connectivity index is 1.50. The van der Waals surface area contributed by atoms with E-state index in [0.717, 1.165) is 25.1 Å². The summed E-state index contributed by atoms with van der Waals surface area (Å²) in [6.07, 6.45) is 3.61. The maximum Gasteiger partial charge on any atom is 0.218 e. The molecule has 1 fully saturated rings. The SMILES string of the molecule is Cc1cc(C(=O)C[NH+]2CCc3ccccc3C2)c(C)n1C1CC1. The van der Waals surface area contributed by atoms with Crippen LogP contribution in [0.1, 0.15) is 51.8 Å². The lowest BCUT2D eigenvalue weighted by Gasteiger charge is -2.25. The third-order valence-electron chi connectivity index (χ3n) is 5.41. The molecule has 1 atom stereocenters. The zero-order valence-electron chi connectivity index (χ0n) is 14.1. The number of carbonyl (C=O) groups excluding carboxylic acids is 1. The normalized spacial score (nSPS) is 20.3. The second-order valence-corrected chi connectivity index (χ2v) is 7.18. The van der Waals surface area contributed by atoms with Gasteiger partial charge in [-0.05, 0) is 38.3 Å². The van der Waals surface area contributed by atoms with Crippen LogP contribution >= 0.6 is 0 Å². The molecule has 1 unspecified atom stereocenters. The van der Waals surface area contributed by atoms with E-state index in [1.54, 1.807) is 0 Å². The number of hydrogen-bond acceptors (Lipinski definition) is 1. The first-order valence-corrected chi connectivity index (χ1v) is 8.75. The standard InChI is InChI=1S/C20H24N2O/c1-14-11-19(15(2)22(14)18-7-8-18)20(23)13-21-10-9-16-5-3-4-6-17(16)12-21/h3-6,11,18H,7-10,12-13H2,1-2H3/p+1. The Labute approximate surface area is 137 Å². The van der Waals surface area contributed by atoms with Crippen LogP contribution in [0.25, 0.3) is 0 Å². The van der Waals surface area contributed by atoms with Crippen molar-refractivity contribution in [3.05, 3.63) is 58.4 Å². The van der Waals surface area contributed by atoms with Crippen LogP contribution in [0.4, 0.5) is 0 Å². The molecule has 3 nitrogen and oxygen atoms in total. The Morgan fingerprint density at radius 2 is 1.96 bits per heavy atom. The molecular weight excluding hydrogens is 284 g/mol. The number of aryl methyl sites for hydroxylation is 1. The minimum Gasteiger partial charge on any atom is -0.345 e. The maximum absolute atomic E-state index is 12.8. The predicted octanol–water partition coefficient (Wildman–Crippen LogP) is 2.26. The lowest BCUT2D eigenvalue weighted by atomic mass is 9.99. The van der Waals surface area contributed by atoms with Gasteiger partial charge < -0.3 is 9.47 Å². The molecule has 3 heteroatoms. The molecule has 4 rings (SSSR count). The van der Waals surface area contributed by atoms with Crippen LogP contribution in [0, 0.1) is 13.8 Å². The summed E-state index contributed by atoms with van der Waals surface area (Å²) in [6.45, 7) is 6.89. The molecule has 1 aromatic carbocycles. The van der Waals surface area contributed by atoms with Gasteiger partial charge in [-0.3, -0.25) is 4.79 Å². The van der Waals surface area contributed by atoms with E-state index in [9.17, 15) is 4.79 Å². The summed E-state index contributed by atoms with van der Waals surface area (Å²) in [7, 11) is 0. The summed E-state index contributed by atoms with van der Waals surface area (Å²) in [4.78, 5) is 14.2. The number of Topliss-reactive ketones (excluding diaryl/α,β-unsaturated/α-hetero) is 1. The average molecular weight is 309 g/mol. The van der Waals surface area contributed by atoms with Crippen molar-refractivity contribution in [2.24, 2.45) is 0 Å². The summed E-state index contributed by atoms with van der Waals surface area (Å²) < 4.78 is 2.37. The van der Waals surface area contributed by atoms with E-state index in [4.69, 9.17) is 0 Å². The molecular formula is C20H25N2O+. The van der Waals surface area contributed by atoms with Gasteiger partial charge >= 0.3 is 0 Å². The van der Waals surface area contributed by atoms with Crippen LogP contribution in [0.2, 0.25) is 0 Å². The molecule has 2 aliphatic rings. The summed E-state index contributed by atoms with van der Waals surface area (Å²) in [5.74, 6) is 0.305. The molecule has 23 heavy (non-hydrogen) atoms. The van der Waals surface area contributed by atoms with Gasteiger partial charge in [-0.1, -0.05) is 24.3 Å². The second-order valence-electron chi connectivity index (χ2n) is 7.18. The fourth-order valence-corrected chi connectivity index (χ4v) is 4.07. The fourth-order valence-electron chi connectivity index (χ4n) is 4.07. The molecule has 1 aliphatic heterocycles. The van der Waals surface area contributed by atoms with Crippen LogP contribution in [0.5, 0.6) is 0 Å². The number of fused-ring (bicyclic) bond motifs is 1. The molecule has 0 radical (unpaired) electrons. The van der Waals surface area contributed by atoms with E-state index < -0.39 is 0 Å². The number of hydrogen-bond donors (Lipinski definition) is 1. The summed E-state index contributed by atoms with van der Waals surface area (Å²) in [6, 6.07) is 11.4. The van der Waals surface area contributed by atoms with Crippen molar-refractivity contribution < 1.29 is 9.69 Å². The first-order chi connectivity index (χ1) is 11.1.